The topological polar surface area (TPSA) is 29.1 Å². The first-order valence-corrected chi connectivity index (χ1v) is 5.15. The van der Waals surface area contributed by atoms with Crippen LogP contribution >= 0.6 is 11.8 Å². The zero-order valence-electron chi connectivity index (χ0n) is 6.67. The molecule has 0 saturated heterocycles. The number of amides is 1. The standard InChI is InChI=1S/C8H13NOS/c1-11-6-8(10)9-7-4-2-3-5-7/h2-3,7H,4-6H2,1H3,(H,9,10). The molecule has 0 aromatic carbocycles. The Bertz CT molecular complexity index is 159. The summed E-state index contributed by atoms with van der Waals surface area (Å²) in [6.45, 7) is 0. The van der Waals surface area contributed by atoms with Crippen molar-refractivity contribution in [2.45, 2.75) is 18.9 Å². The Hall–Kier alpha value is -0.440. The Morgan fingerprint density at radius 3 is 2.82 bits per heavy atom. The number of hydrogen-bond acceptors (Lipinski definition) is 2. The second-order valence-electron chi connectivity index (χ2n) is 2.64. The molecule has 0 spiro atoms. The van der Waals surface area contributed by atoms with E-state index < -0.39 is 0 Å². The summed E-state index contributed by atoms with van der Waals surface area (Å²) in [5.41, 5.74) is 0. The van der Waals surface area contributed by atoms with Crippen molar-refractivity contribution >= 4 is 17.7 Å². The lowest BCUT2D eigenvalue weighted by Gasteiger charge is -2.10. The minimum atomic E-state index is 0.159. The van der Waals surface area contributed by atoms with Gasteiger partial charge in [0.15, 0.2) is 0 Å². The molecule has 3 heteroatoms. The minimum absolute atomic E-state index is 0.159. The molecule has 0 unspecified atom stereocenters. The van der Waals surface area contributed by atoms with Crippen LogP contribution in [0.1, 0.15) is 12.8 Å². The van der Waals surface area contributed by atoms with Gasteiger partial charge in [0.2, 0.25) is 5.91 Å². The van der Waals surface area contributed by atoms with Crippen LogP contribution in [0.25, 0.3) is 0 Å². The van der Waals surface area contributed by atoms with E-state index >= 15 is 0 Å². The lowest BCUT2D eigenvalue weighted by molar-refractivity contribution is -0.119. The summed E-state index contributed by atoms with van der Waals surface area (Å²) in [6, 6.07) is 0.370. The number of thioether (sulfide) groups is 1. The zero-order chi connectivity index (χ0) is 8.10. The number of nitrogens with one attached hydrogen (secondary N) is 1. The number of rotatable bonds is 3. The van der Waals surface area contributed by atoms with Gasteiger partial charge in [-0.2, -0.15) is 11.8 Å². The van der Waals surface area contributed by atoms with Crippen LogP contribution < -0.4 is 5.32 Å². The summed E-state index contributed by atoms with van der Waals surface area (Å²) in [4.78, 5) is 11.0. The molecule has 0 atom stereocenters. The van der Waals surface area contributed by atoms with Crippen LogP contribution in [0.3, 0.4) is 0 Å². The van der Waals surface area contributed by atoms with Crippen molar-refractivity contribution in [3.63, 3.8) is 0 Å². The maximum atomic E-state index is 11.0. The SMILES string of the molecule is CSCC(=O)NC1CC=CC1. The Morgan fingerprint density at radius 1 is 1.64 bits per heavy atom. The normalized spacial score (nSPS) is 17.2. The van der Waals surface area contributed by atoms with Gasteiger partial charge in [-0.25, -0.2) is 0 Å². The van der Waals surface area contributed by atoms with Gasteiger partial charge in [-0.3, -0.25) is 4.79 Å². The molecular weight excluding hydrogens is 158 g/mol. The fourth-order valence-corrected chi connectivity index (χ4v) is 1.48. The summed E-state index contributed by atoms with van der Waals surface area (Å²) in [5.74, 6) is 0.738. The van der Waals surface area contributed by atoms with E-state index in [1.165, 1.54) is 0 Å². The quantitative estimate of drug-likeness (QED) is 0.646. The van der Waals surface area contributed by atoms with Gasteiger partial charge in [0.05, 0.1) is 5.75 Å². The van der Waals surface area contributed by atoms with Crippen molar-refractivity contribution in [1.29, 1.82) is 0 Å². The van der Waals surface area contributed by atoms with E-state index in [0.717, 1.165) is 12.8 Å². The van der Waals surface area contributed by atoms with Crippen molar-refractivity contribution in [3.8, 4) is 0 Å². The average molecular weight is 171 g/mol. The molecule has 1 N–H and O–H groups in total. The highest BCUT2D eigenvalue weighted by Crippen LogP contribution is 2.08. The first-order valence-electron chi connectivity index (χ1n) is 3.76. The third-order valence-electron chi connectivity index (χ3n) is 1.65. The first-order chi connectivity index (χ1) is 5.33. The van der Waals surface area contributed by atoms with E-state index in [0.29, 0.717) is 11.8 Å². The molecule has 2 nitrogen and oxygen atoms in total. The van der Waals surface area contributed by atoms with Crippen LogP contribution in [-0.4, -0.2) is 24.0 Å². The van der Waals surface area contributed by atoms with Gasteiger partial charge in [-0.1, -0.05) is 12.2 Å². The van der Waals surface area contributed by atoms with Gasteiger partial charge in [-0.05, 0) is 19.1 Å². The predicted octanol–water partition coefficient (Wildman–Crippen LogP) is 1.18. The third kappa shape index (κ3) is 2.97. The largest absolute Gasteiger partial charge is 0.352 e. The van der Waals surface area contributed by atoms with Crippen LogP contribution in [0.4, 0.5) is 0 Å². The van der Waals surface area contributed by atoms with Crippen molar-refractivity contribution in [1.82, 2.24) is 5.32 Å². The van der Waals surface area contributed by atoms with Crippen molar-refractivity contribution < 1.29 is 4.79 Å². The lowest BCUT2D eigenvalue weighted by atomic mass is 10.2. The van der Waals surface area contributed by atoms with E-state index in [-0.39, 0.29) is 5.91 Å². The van der Waals surface area contributed by atoms with Crippen LogP contribution in [0.15, 0.2) is 12.2 Å². The van der Waals surface area contributed by atoms with E-state index in [9.17, 15) is 4.79 Å². The second kappa shape index (κ2) is 4.44. The summed E-state index contributed by atoms with van der Waals surface area (Å²) < 4.78 is 0. The fraction of sp³-hybridized carbons (Fsp3) is 0.625. The van der Waals surface area contributed by atoms with Crippen molar-refractivity contribution in [3.05, 3.63) is 12.2 Å². The highest BCUT2D eigenvalue weighted by Gasteiger charge is 2.11. The second-order valence-corrected chi connectivity index (χ2v) is 3.51. The van der Waals surface area contributed by atoms with Gasteiger partial charge >= 0.3 is 0 Å². The molecule has 0 heterocycles. The maximum absolute atomic E-state index is 11.0. The lowest BCUT2D eigenvalue weighted by Crippen LogP contribution is -2.33. The number of carbonyl (C=O) groups is 1. The first kappa shape index (κ1) is 8.65. The summed E-state index contributed by atoms with van der Waals surface area (Å²) >= 11 is 1.56. The van der Waals surface area contributed by atoms with Crippen LogP contribution in [0.5, 0.6) is 0 Å². The highest BCUT2D eigenvalue weighted by atomic mass is 32.2. The molecule has 0 aromatic rings. The van der Waals surface area contributed by atoms with E-state index in [1.54, 1.807) is 11.8 Å². The van der Waals surface area contributed by atoms with Crippen LogP contribution in [0.2, 0.25) is 0 Å². The molecule has 1 aliphatic carbocycles. The molecule has 0 radical (unpaired) electrons. The molecule has 0 fully saturated rings. The van der Waals surface area contributed by atoms with E-state index in [1.807, 2.05) is 6.26 Å². The molecule has 1 rings (SSSR count). The van der Waals surface area contributed by atoms with Gasteiger partial charge in [0.1, 0.15) is 0 Å². The zero-order valence-corrected chi connectivity index (χ0v) is 7.49. The molecular formula is C8H13NOS. The van der Waals surface area contributed by atoms with Gasteiger partial charge in [0.25, 0.3) is 0 Å². The number of hydrogen-bond donors (Lipinski definition) is 1. The van der Waals surface area contributed by atoms with E-state index in [4.69, 9.17) is 0 Å². The molecule has 0 bridgehead atoms. The fourth-order valence-electron chi connectivity index (χ4n) is 1.14. The molecule has 0 aliphatic heterocycles. The van der Waals surface area contributed by atoms with Crippen molar-refractivity contribution in [2.75, 3.05) is 12.0 Å². The smallest absolute Gasteiger partial charge is 0.230 e. The monoisotopic (exact) mass is 171 g/mol. The summed E-state index contributed by atoms with van der Waals surface area (Å²) in [5, 5.41) is 2.96. The maximum Gasteiger partial charge on any atom is 0.230 e. The molecule has 11 heavy (non-hydrogen) atoms. The molecule has 0 aromatic heterocycles. The predicted molar refractivity (Wildman–Crippen MR) is 48.7 cm³/mol. The number of carbonyl (C=O) groups excluding carboxylic acids is 1. The molecule has 0 saturated carbocycles. The Balaban J connectivity index is 2.15. The Labute approximate surface area is 71.4 Å². The van der Waals surface area contributed by atoms with Gasteiger partial charge in [0, 0.05) is 6.04 Å². The van der Waals surface area contributed by atoms with Crippen molar-refractivity contribution in [2.24, 2.45) is 0 Å². The van der Waals surface area contributed by atoms with Crippen LogP contribution in [-0.2, 0) is 4.79 Å². The van der Waals surface area contributed by atoms with Gasteiger partial charge in [-0.15, -0.1) is 0 Å². The molecule has 1 amide bonds. The summed E-state index contributed by atoms with van der Waals surface area (Å²) in [6.07, 6.45) is 8.17. The molecule has 62 valence electrons. The van der Waals surface area contributed by atoms with E-state index in [2.05, 4.69) is 17.5 Å². The van der Waals surface area contributed by atoms with Gasteiger partial charge < -0.3 is 5.32 Å². The molecule has 1 aliphatic rings. The van der Waals surface area contributed by atoms with Crippen LogP contribution in [0, 0.1) is 0 Å². The Morgan fingerprint density at radius 2 is 2.27 bits per heavy atom. The summed E-state index contributed by atoms with van der Waals surface area (Å²) in [7, 11) is 0. The average Bonchev–Trinajstić information content (AvgIpc) is 2.40. The third-order valence-corrected chi connectivity index (χ3v) is 2.20. The minimum Gasteiger partial charge on any atom is -0.352 e. The highest BCUT2D eigenvalue weighted by molar-refractivity contribution is 7.99. The Kier molecular flexibility index (Phi) is 3.49.